The zero-order valence-corrected chi connectivity index (χ0v) is 15.4. The molecule has 0 atom stereocenters. The Bertz CT molecular complexity index is 1180. The largest absolute Gasteiger partial charge is 0.422 e. The molecule has 0 saturated carbocycles. The summed E-state index contributed by atoms with van der Waals surface area (Å²) in [6.45, 7) is 3.98. The van der Waals surface area contributed by atoms with Crippen molar-refractivity contribution in [2.24, 2.45) is 0 Å². The van der Waals surface area contributed by atoms with Crippen LogP contribution >= 0.6 is 0 Å². The average Bonchev–Trinajstić information content (AvgIpc) is 3.16. The quantitative estimate of drug-likeness (QED) is 0.515. The van der Waals surface area contributed by atoms with Gasteiger partial charge in [0.1, 0.15) is 11.5 Å². The minimum atomic E-state index is -0.397. The second-order valence-corrected chi connectivity index (χ2v) is 7.11. The number of ether oxygens (including phenoxy) is 2. The molecule has 28 heavy (non-hydrogen) atoms. The lowest BCUT2D eigenvalue weighted by Gasteiger charge is -2.01. The minimum absolute atomic E-state index is 0.397. The fraction of sp³-hybridized carbons (Fsp3) is 0.0833. The number of benzene rings is 3. The number of hydrogen-bond acceptors (Lipinski definition) is 4. The molecule has 2 heterocycles. The van der Waals surface area contributed by atoms with Gasteiger partial charge >= 0.3 is 11.9 Å². The molecule has 2 aliphatic heterocycles. The van der Waals surface area contributed by atoms with Gasteiger partial charge in [0.2, 0.25) is 0 Å². The van der Waals surface area contributed by atoms with Crippen LogP contribution in [-0.2, 0) is 9.59 Å². The first-order valence-corrected chi connectivity index (χ1v) is 9.02. The minimum Gasteiger partial charge on any atom is -0.422 e. The van der Waals surface area contributed by atoms with Crippen molar-refractivity contribution in [3.63, 3.8) is 0 Å². The van der Waals surface area contributed by atoms with Crippen LogP contribution in [0.4, 0.5) is 0 Å². The molecular formula is C24H16O4. The highest BCUT2D eigenvalue weighted by Gasteiger charge is 2.30. The maximum atomic E-state index is 12.5. The van der Waals surface area contributed by atoms with E-state index in [0.717, 1.165) is 22.3 Å². The molecular weight excluding hydrogens is 352 g/mol. The molecule has 0 spiro atoms. The maximum Gasteiger partial charge on any atom is 0.344 e. The number of hydrogen-bond donors (Lipinski definition) is 0. The fourth-order valence-corrected chi connectivity index (χ4v) is 3.63. The third-order valence-electron chi connectivity index (χ3n) is 5.11. The lowest BCUT2D eigenvalue weighted by molar-refractivity contribution is -0.128. The van der Waals surface area contributed by atoms with E-state index in [4.69, 9.17) is 9.47 Å². The summed E-state index contributed by atoms with van der Waals surface area (Å²) in [5.74, 6) is 0.0981. The van der Waals surface area contributed by atoms with Gasteiger partial charge in [0.05, 0.1) is 11.1 Å². The highest BCUT2D eigenvalue weighted by molar-refractivity contribution is 6.21. The number of esters is 2. The number of carbonyl (C=O) groups is 2. The van der Waals surface area contributed by atoms with Crippen molar-refractivity contribution in [1.82, 2.24) is 0 Å². The Kier molecular flexibility index (Phi) is 3.49. The highest BCUT2D eigenvalue weighted by atomic mass is 16.5. The first-order valence-electron chi connectivity index (χ1n) is 9.02. The molecule has 0 N–H and O–H groups in total. The van der Waals surface area contributed by atoms with Crippen molar-refractivity contribution in [3.8, 4) is 11.5 Å². The van der Waals surface area contributed by atoms with E-state index >= 15 is 0 Å². The molecule has 0 fully saturated rings. The van der Waals surface area contributed by atoms with Gasteiger partial charge in [-0.1, -0.05) is 59.7 Å². The van der Waals surface area contributed by atoms with Gasteiger partial charge in [-0.05, 0) is 37.1 Å². The first-order chi connectivity index (χ1) is 13.5. The molecule has 0 amide bonds. The van der Waals surface area contributed by atoms with Crippen molar-refractivity contribution < 1.29 is 19.1 Å². The van der Waals surface area contributed by atoms with Crippen LogP contribution in [0.15, 0.2) is 60.7 Å². The molecule has 136 valence electrons. The van der Waals surface area contributed by atoms with E-state index in [1.807, 2.05) is 62.4 Å². The zero-order chi connectivity index (χ0) is 19.4. The smallest absolute Gasteiger partial charge is 0.344 e. The van der Waals surface area contributed by atoms with E-state index in [1.54, 1.807) is 12.1 Å². The van der Waals surface area contributed by atoms with Crippen molar-refractivity contribution in [1.29, 1.82) is 0 Å². The summed E-state index contributed by atoms with van der Waals surface area (Å²) < 4.78 is 11.0. The molecule has 4 nitrogen and oxygen atoms in total. The topological polar surface area (TPSA) is 52.6 Å². The van der Waals surface area contributed by atoms with Gasteiger partial charge in [-0.2, -0.15) is 0 Å². The fourth-order valence-electron chi connectivity index (χ4n) is 3.63. The van der Waals surface area contributed by atoms with Crippen molar-refractivity contribution in [2.45, 2.75) is 13.8 Å². The predicted molar refractivity (Wildman–Crippen MR) is 104 cm³/mol. The monoisotopic (exact) mass is 368 g/mol. The molecule has 0 saturated heterocycles. The Morgan fingerprint density at radius 3 is 1.29 bits per heavy atom. The second-order valence-electron chi connectivity index (χ2n) is 7.11. The Morgan fingerprint density at radius 1 is 0.571 bits per heavy atom. The second kappa shape index (κ2) is 5.92. The summed E-state index contributed by atoms with van der Waals surface area (Å²) >= 11 is 0. The molecule has 2 aliphatic rings. The van der Waals surface area contributed by atoms with Crippen molar-refractivity contribution >= 4 is 23.1 Å². The molecule has 0 unspecified atom stereocenters. The van der Waals surface area contributed by atoms with E-state index in [0.29, 0.717) is 33.1 Å². The van der Waals surface area contributed by atoms with Crippen LogP contribution in [-0.4, -0.2) is 11.9 Å². The van der Waals surface area contributed by atoms with Gasteiger partial charge in [-0.25, -0.2) is 9.59 Å². The van der Waals surface area contributed by atoms with Crippen molar-refractivity contribution in [3.05, 3.63) is 93.4 Å². The van der Waals surface area contributed by atoms with Crippen LogP contribution in [0.3, 0.4) is 0 Å². The SMILES string of the molecule is Cc1ccc(C2=c3cc4c(cc3OC2=O)=C(c2ccc(C)cc2)C(=O)O4)cc1. The van der Waals surface area contributed by atoms with Gasteiger partial charge in [0.25, 0.3) is 0 Å². The summed E-state index contributed by atoms with van der Waals surface area (Å²) in [6.07, 6.45) is 0. The van der Waals surface area contributed by atoms with Crippen LogP contribution in [0.2, 0.25) is 0 Å². The summed E-state index contributed by atoms with van der Waals surface area (Å²) in [5, 5.41) is 1.29. The molecule has 0 aliphatic carbocycles. The van der Waals surface area contributed by atoms with Gasteiger partial charge in [-0.15, -0.1) is 0 Å². The summed E-state index contributed by atoms with van der Waals surface area (Å²) in [4.78, 5) is 25.1. The zero-order valence-electron chi connectivity index (χ0n) is 15.4. The molecule has 5 rings (SSSR count). The molecule has 4 heteroatoms. The maximum absolute atomic E-state index is 12.5. The Balaban J connectivity index is 1.76. The summed E-state index contributed by atoms with van der Waals surface area (Å²) in [6, 6.07) is 18.8. The number of rotatable bonds is 2. The summed E-state index contributed by atoms with van der Waals surface area (Å²) in [5.41, 5.74) is 4.74. The number of carbonyl (C=O) groups excluding carboxylic acids is 2. The number of fused-ring (bicyclic) bond motifs is 2. The summed E-state index contributed by atoms with van der Waals surface area (Å²) in [7, 11) is 0. The van der Waals surface area contributed by atoms with Gasteiger partial charge < -0.3 is 9.47 Å². The Labute approximate surface area is 161 Å². The lowest BCUT2D eigenvalue weighted by atomic mass is 10.0. The lowest BCUT2D eigenvalue weighted by Crippen LogP contribution is -2.11. The first kappa shape index (κ1) is 16.5. The standard InChI is InChI=1S/C24H16O4/c1-13-3-7-15(8-4-13)21-17-11-20-18(12-19(17)27-23(21)25)22(24(26)28-20)16-9-5-14(2)6-10-16/h3-12H,1-2H3. The average molecular weight is 368 g/mol. The van der Waals surface area contributed by atoms with Crippen LogP contribution < -0.4 is 19.9 Å². The van der Waals surface area contributed by atoms with Crippen LogP contribution in [0, 0.1) is 13.8 Å². The van der Waals surface area contributed by atoms with Crippen molar-refractivity contribution in [2.75, 3.05) is 0 Å². The molecule has 3 aromatic rings. The Hall–Kier alpha value is -3.66. The molecule has 0 aromatic heterocycles. The van der Waals surface area contributed by atoms with E-state index in [9.17, 15) is 9.59 Å². The van der Waals surface area contributed by atoms with E-state index < -0.39 is 11.9 Å². The van der Waals surface area contributed by atoms with Crippen LogP contribution in [0.1, 0.15) is 22.3 Å². The van der Waals surface area contributed by atoms with E-state index in [-0.39, 0.29) is 0 Å². The van der Waals surface area contributed by atoms with Crippen LogP contribution in [0.5, 0.6) is 11.5 Å². The van der Waals surface area contributed by atoms with E-state index in [1.165, 1.54) is 0 Å². The van der Waals surface area contributed by atoms with E-state index in [2.05, 4.69) is 0 Å². The number of aryl methyl sites for hydroxylation is 2. The third kappa shape index (κ3) is 2.46. The van der Waals surface area contributed by atoms with Crippen LogP contribution in [0.25, 0.3) is 11.1 Å². The molecule has 0 bridgehead atoms. The molecule has 0 radical (unpaired) electrons. The highest BCUT2D eigenvalue weighted by Crippen LogP contribution is 2.27. The molecule has 3 aromatic carbocycles. The normalized spacial score (nSPS) is 14.6. The van der Waals surface area contributed by atoms with Gasteiger partial charge in [-0.3, -0.25) is 0 Å². The Morgan fingerprint density at radius 2 is 0.929 bits per heavy atom. The third-order valence-corrected chi connectivity index (χ3v) is 5.11. The van der Waals surface area contributed by atoms with Gasteiger partial charge in [0, 0.05) is 10.4 Å². The predicted octanol–water partition coefficient (Wildman–Crippen LogP) is 2.54. The van der Waals surface area contributed by atoms with Gasteiger partial charge in [0.15, 0.2) is 0 Å².